The van der Waals surface area contributed by atoms with Gasteiger partial charge in [0.15, 0.2) is 0 Å². The van der Waals surface area contributed by atoms with E-state index in [9.17, 15) is 9.59 Å². The standard InChI is InChI=1S/C24H24ClN3O3/c1-31-17-7-4-15(5-8-17)22-21-18(19-12-16(25)6-9-20(19)27-21)10-11-28(22)24(30)23(29)26-13-14-2-3-14/h4-9,12,14,22,27H,2-3,10-11,13H2,1H3,(H,26,29). The smallest absolute Gasteiger partial charge is 0.312 e. The number of hydrogen-bond acceptors (Lipinski definition) is 3. The highest BCUT2D eigenvalue weighted by Crippen LogP contribution is 2.39. The van der Waals surface area contributed by atoms with E-state index >= 15 is 0 Å². The molecule has 31 heavy (non-hydrogen) atoms. The number of aromatic amines is 1. The Labute approximate surface area is 185 Å². The molecule has 0 bridgehead atoms. The Bertz CT molecular complexity index is 1150. The maximum absolute atomic E-state index is 13.2. The SMILES string of the molecule is COc1ccc(C2c3[nH]c4ccc(Cl)cc4c3CCN2C(=O)C(=O)NCC2CC2)cc1. The zero-order chi connectivity index (χ0) is 21.5. The van der Waals surface area contributed by atoms with Crippen LogP contribution in [-0.4, -0.2) is 41.9 Å². The zero-order valence-electron chi connectivity index (χ0n) is 17.3. The first kappa shape index (κ1) is 19.9. The molecule has 160 valence electrons. The number of halogens is 1. The number of methoxy groups -OCH3 is 1. The number of nitrogens with zero attached hydrogens (tertiary/aromatic N) is 1. The maximum atomic E-state index is 13.2. The molecule has 1 aliphatic heterocycles. The molecule has 6 nitrogen and oxygen atoms in total. The number of H-pyrrole nitrogens is 1. The van der Waals surface area contributed by atoms with Crippen LogP contribution in [0, 0.1) is 5.92 Å². The van der Waals surface area contributed by atoms with E-state index in [4.69, 9.17) is 16.3 Å². The summed E-state index contributed by atoms with van der Waals surface area (Å²) in [5.41, 5.74) is 3.96. The van der Waals surface area contributed by atoms with Crippen LogP contribution < -0.4 is 10.1 Å². The fraction of sp³-hybridized carbons (Fsp3) is 0.333. The fourth-order valence-electron chi connectivity index (χ4n) is 4.38. The lowest BCUT2D eigenvalue weighted by Gasteiger charge is -2.35. The molecule has 7 heteroatoms. The van der Waals surface area contributed by atoms with Gasteiger partial charge in [0.05, 0.1) is 13.2 Å². The minimum Gasteiger partial charge on any atom is -0.497 e. The number of hydrogen-bond donors (Lipinski definition) is 2. The van der Waals surface area contributed by atoms with Crippen molar-refractivity contribution < 1.29 is 14.3 Å². The second-order valence-electron chi connectivity index (χ2n) is 8.28. The molecule has 1 aliphatic carbocycles. The highest BCUT2D eigenvalue weighted by molar-refractivity contribution is 6.35. The highest BCUT2D eigenvalue weighted by Gasteiger charge is 2.37. The number of fused-ring (bicyclic) bond motifs is 3. The summed E-state index contributed by atoms with van der Waals surface area (Å²) in [6.45, 7) is 1.03. The van der Waals surface area contributed by atoms with Crippen LogP contribution in [-0.2, 0) is 16.0 Å². The van der Waals surface area contributed by atoms with Crippen molar-refractivity contribution in [3.05, 3.63) is 64.3 Å². The molecule has 2 amide bonds. The van der Waals surface area contributed by atoms with Gasteiger partial charge in [-0.3, -0.25) is 9.59 Å². The van der Waals surface area contributed by atoms with E-state index in [-0.39, 0.29) is 6.04 Å². The van der Waals surface area contributed by atoms with E-state index in [0.717, 1.165) is 46.3 Å². The first-order valence-electron chi connectivity index (χ1n) is 10.6. The summed E-state index contributed by atoms with van der Waals surface area (Å²) in [5, 5.41) is 4.55. The Morgan fingerprint density at radius 1 is 1.19 bits per heavy atom. The van der Waals surface area contributed by atoms with Crippen molar-refractivity contribution in [2.24, 2.45) is 5.92 Å². The van der Waals surface area contributed by atoms with Crippen molar-refractivity contribution in [2.45, 2.75) is 25.3 Å². The molecular weight excluding hydrogens is 414 g/mol. The van der Waals surface area contributed by atoms with Crippen LogP contribution in [0.5, 0.6) is 5.75 Å². The molecule has 5 rings (SSSR count). The maximum Gasteiger partial charge on any atom is 0.312 e. The molecule has 0 radical (unpaired) electrons. The summed E-state index contributed by atoms with van der Waals surface area (Å²) in [6.07, 6.45) is 2.89. The number of carbonyl (C=O) groups excluding carboxylic acids is 2. The van der Waals surface area contributed by atoms with Gasteiger partial charge in [-0.05, 0) is 66.6 Å². The Balaban J connectivity index is 1.55. The van der Waals surface area contributed by atoms with Crippen LogP contribution >= 0.6 is 11.6 Å². The van der Waals surface area contributed by atoms with Gasteiger partial charge < -0.3 is 19.9 Å². The average Bonchev–Trinajstić information content (AvgIpc) is 3.56. The van der Waals surface area contributed by atoms with E-state index in [1.54, 1.807) is 12.0 Å². The molecule has 3 aromatic rings. The number of benzene rings is 2. The lowest BCUT2D eigenvalue weighted by molar-refractivity contribution is -0.147. The summed E-state index contributed by atoms with van der Waals surface area (Å²) >= 11 is 6.25. The van der Waals surface area contributed by atoms with Gasteiger partial charge in [0, 0.05) is 34.7 Å². The molecule has 1 atom stereocenters. The fourth-order valence-corrected chi connectivity index (χ4v) is 4.55. The second kappa shape index (κ2) is 7.93. The van der Waals surface area contributed by atoms with Crippen LogP contribution in [0.2, 0.25) is 5.02 Å². The lowest BCUT2D eigenvalue weighted by Crippen LogP contribution is -2.48. The summed E-state index contributed by atoms with van der Waals surface area (Å²) in [7, 11) is 1.62. The number of ether oxygens (including phenoxy) is 1. The van der Waals surface area contributed by atoms with Crippen LogP contribution in [0.3, 0.4) is 0 Å². The predicted octanol–water partition coefficient (Wildman–Crippen LogP) is 3.83. The highest BCUT2D eigenvalue weighted by atomic mass is 35.5. The number of rotatable bonds is 4. The topological polar surface area (TPSA) is 74.4 Å². The molecule has 1 aromatic heterocycles. The third-order valence-corrected chi connectivity index (χ3v) is 6.46. The van der Waals surface area contributed by atoms with Crippen molar-refractivity contribution in [1.82, 2.24) is 15.2 Å². The summed E-state index contributed by atoms with van der Waals surface area (Å²) in [5.74, 6) is 0.223. The van der Waals surface area contributed by atoms with Crippen LogP contribution in [0.15, 0.2) is 42.5 Å². The first-order valence-corrected chi connectivity index (χ1v) is 11.0. The van der Waals surface area contributed by atoms with E-state index in [1.165, 1.54) is 0 Å². The minimum absolute atomic E-state index is 0.389. The van der Waals surface area contributed by atoms with Crippen molar-refractivity contribution in [2.75, 3.05) is 20.2 Å². The number of carbonyl (C=O) groups is 2. The van der Waals surface area contributed by atoms with Crippen molar-refractivity contribution in [1.29, 1.82) is 0 Å². The third-order valence-electron chi connectivity index (χ3n) is 6.22. The molecular formula is C24H24ClN3O3. The van der Waals surface area contributed by atoms with Crippen LogP contribution in [0.4, 0.5) is 0 Å². The monoisotopic (exact) mass is 437 g/mol. The molecule has 1 unspecified atom stereocenters. The number of nitrogens with one attached hydrogen (secondary N) is 2. The summed E-state index contributed by atoms with van der Waals surface area (Å²) in [6, 6.07) is 13.0. The zero-order valence-corrected chi connectivity index (χ0v) is 18.0. The van der Waals surface area contributed by atoms with E-state index in [0.29, 0.717) is 30.5 Å². The second-order valence-corrected chi connectivity index (χ2v) is 8.72. The van der Waals surface area contributed by atoms with Gasteiger partial charge >= 0.3 is 11.8 Å². The van der Waals surface area contributed by atoms with E-state index in [2.05, 4.69) is 10.3 Å². The van der Waals surface area contributed by atoms with Crippen LogP contribution in [0.1, 0.15) is 35.7 Å². The summed E-state index contributed by atoms with van der Waals surface area (Å²) in [4.78, 5) is 31.0. The molecule has 2 aromatic carbocycles. The average molecular weight is 438 g/mol. The minimum atomic E-state index is -0.534. The number of amides is 2. The Morgan fingerprint density at radius 2 is 1.97 bits per heavy atom. The summed E-state index contributed by atoms with van der Waals surface area (Å²) < 4.78 is 5.29. The Hall–Kier alpha value is -2.99. The molecule has 1 saturated carbocycles. The quantitative estimate of drug-likeness (QED) is 0.609. The van der Waals surface area contributed by atoms with E-state index < -0.39 is 11.8 Å². The van der Waals surface area contributed by atoms with Gasteiger partial charge in [0.2, 0.25) is 0 Å². The number of aromatic nitrogens is 1. The van der Waals surface area contributed by atoms with Crippen molar-refractivity contribution >= 4 is 34.3 Å². The largest absolute Gasteiger partial charge is 0.497 e. The van der Waals surface area contributed by atoms with E-state index in [1.807, 2.05) is 42.5 Å². The normalized spacial score (nSPS) is 18.0. The molecule has 2 heterocycles. The van der Waals surface area contributed by atoms with Gasteiger partial charge in [0.1, 0.15) is 5.75 Å². The van der Waals surface area contributed by atoms with Crippen molar-refractivity contribution in [3.63, 3.8) is 0 Å². The molecule has 0 saturated heterocycles. The predicted molar refractivity (Wildman–Crippen MR) is 119 cm³/mol. The van der Waals surface area contributed by atoms with Gasteiger partial charge in [-0.1, -0.05) is 23.7 Å². The van der Waals surface area contributed by atoms with Crippen molar-refractivity contribution in [3.8, 4) is 5.75 Å². The van der Waals surface area contributed by atoms with Crippen LogP contribution in [0.25, 0.3) is 10.9 Å². The van der Waals surface area contributed by atoms with Gasteiger partial charge in [-0.25, -0.2) is 0 Å². The lowest BCUT2D eigenvalue weighted by atomic mass is 9.92. The molecule has 2 N–H and O–H groups in total. The van der Waals surface area contributed by atoms with Gasteiger partial charge in [0.25, 0.3) is 0 Å². The van der Waals surface area contributed by atoms with Gasteiger partial charge in [-0.2, -0.15) is 0 Å². The van der Waals surface area contributed by atoms with Gasteiger partial charge in [-0.15, -0.1) is 0 Å². The first-order chi connectivity index (χ1) is 15.0. The molecule has 2 aliphatic rings. The Morgan fingerprint density at radius 3 is 2.68 bits per heavy atom. The molecule has 1 fully saturated rings. The Kier molecular flexibility index (Phi) is 5.10. The third kappa shape index (κ3) is 3.76. The molecule has 0 spiro atoms.